The quantitative estimate of drug-likeness (QED) is 0.766. The summed E-state index contributed by atoms with van der Waals surface area (Å²) < 4.78 is 14.1. The Morgan fingerprint density at radius 3 is 2.95 bits per heavy atom. The van der Waals surface area contributed by atoms with Crippen LogP contribution in [0.2, 0.25) is 0 Å². The van der Waals surface area contributed by atoms with E-state index in [1.807, 2.05) is 0 Å². The highest BCUT2D eigenvalue weighted by atomic mass is 19.1. The maximum Gasteiger partial charge on any atom is 0.255 e. The standard InChI is InChI=1S/C11H10FN5O2/c12-9-3-7(1-2-14-9)11(19)16-8-4-15-17(5-8)6-10(13)18/h1-5H,6H2,(H2,13,18)(H,16,19). The van der Waals surface area contributed by atoms with Crippen LogP contribution in [0, 0.1) is 5.95 Å². The van der Waals surface area contributed by atoms with Crippen molar-refractivity contribution in [3.05, 3.63) is 42.2 Å². The lowest BCUT2D eigenvalue weighted by molar-refractivity contribution is -0.118. The van der Waals surface area contributed by atoms with Gasteiger partial charge in [-0.05, 0) is 6.07 Å². The van der Waals surface area contributed by atoms with Crippen molar-refractivity contribution >= 4 is 17.5 Å². The minimum atomic E-state index is -0.739. The van der Waals surface area contributed by atoms with Gasteiger partial charge in [-0.25, -0.2) is 4.98 Å². The van der Waals surface area contributed by atoms with Crippen LogP contribution < -0.4 is 11.1 Å². The molecule has 0 aliphatic rings. The van der Waals surface area contributed by atoms with Gasteiger partial charge in [0.2, 0.25) is 11.9 Å². The van der Waals surface area contributed by atoms with E-state index in [-0.39, 0.29) is 12.1 Å². The van der Waals surface area contributed by atoms with Gasteiger partial charge in [-0.15, -0.1) is 0 Å². The summed E-state index contributed by atoms with van der Waals surface area (Å²) in [6.07, 6.45) is 4.00. The molecule has 0 spiro atoms. The summed E-state index contributed by atoms with van der Waals surface area (Å²) in [5, 5.41) is 6.35. The highest BCUT2D eigenvalue weighted by molar-refractivity contribution is 6.04. The summed E-state index contributed by atoms with van der Waals surface area (Å²) in [5.74, 6) is -1.78. The van der Waals surface area contributed by atoms with Crippen LogP contribution in [-0.2, 0) is 11.3 Å². The fraction of sp³-hybridized carbons (Fsp3) is 0.0909. The zero-order valence-corrected chi connectivity index (χ0v) is 9.71. The summed E-state index contributed by atoms with van der Waals surface area (Å²) in [5.41, 5.74) is 5.52. The molecule has 2 heterocycles. The normalized spacial score (nSPS) is 10.2. The number of rotatable bonds is 4. The summed E-state index contributed by atoms with van der Waals surface area (Å²) in [6.45, 7) is -0.0836. The minimum Gasteiger partial charge on any atom is -0.368 e. The van der Waals surface area contributed by atoms with E-state index in [2.05, 4.69) is 15.4 Å². The molecule has 2 aromatic heterocycles. The first-order valence-corrected chi connectivity index (χ1v) is 5.28. The monoisotopic (exact) mass is 263 g/mol. The molecule has 8 heteroatoms. The van der Waals surface area contributed by atoms with E-state index in [0.717, 1.165) is 6.07 Å². The van der Waals surface area contributed by atoms with Crippen molar-refractivity contribution in [2.24, 2.45) is 5.73 Å². The number of carbonyl (C=O) groups is 2. The lowest BCUT2D eigenvalue weighted by Gasteiger charge is -2.01. The van der Waals surface area contributed by atoms with Gasteiger partial charge in [0, 0.05) is 24.0 Å². The van der Waals surface area contributed by atoms with Crippen LogP contribution >= 0.6 is 0 Å². The van der Waals surface area contributed by atoms with Crippen LogP contribution in [0.15, 0.2) is 30.7 Å². The second-order valence-electron chi connectivity index (χ2n) is 3.71. The molecule has 0 aromatic carbocycles. The number of aromatic nitrogens is 3. The molecule has 2 rings (SSSR count). The molecule has 3 N–H and O–H groups in total. The highest BCUT2D eigenvalue weighted by Gasteiger charge is 2.09. The van der Waals surface area contributed by atoms with Gasteiger partial charge in [0.25, 0.3) is 5.91 Å². The van der Waals surface area contributed by atoms with E-state index in [1.165, 1.54) is 29.3 Å². The van der Waals surface area contributed by atoms with Crippen molar-refractivity contribution in [2.45, 2.75) is 6.54 Å². The Morgan fingerprint density at radius 1 is 1.47 bits per heavy atom. The van der Waals surface area contributed by atoms with Crippen molar-refractivity contribution in [3.63, 3.8) is 0 Å². The fourth-order valence-electron chi connectivity index (χ4n) is 1.42. The Hall–Kier alpha value is -2.77. The lowest BCUT2D eigenvalue weighted by Crippen LogP contribution is -2.18. The van der Waals surface area contributed by atoms with Crippen LogP contribution in [0.25, 0.3) is 0 Å². The Kier molecular flexibility index (Phi) is 3.51. The first-order valence-electron chi connectivity index (χ1n) is 5.28. The van der Waals surface area contributed by atoms with Crippen molar-refractivity contribution in [1.29, 1.82) is 0 Å². The lowest BCUT2D eigenvalue weighted by atomic mass is 10.2. The topological polar surface area (TPSA) is 103 Å². The number of nitrogens with zero attached hydrogens (tertiary/aromatic N) is 3. The average molecular weight is 263 g/mol. The van der Waals surface area contributed by atoms with E-state index >= 15 is 0 Å². The van der Waals surface area contributed by atoms with Crippen LogP contribution in [0.3, 0.4) is 0 Å². The van der Waals surface area contributed by atoms with E-state index in [9.17, 15) is 14.0 Å². The number of nitrogens with two attached hydrogens (primary N) is 1. The summed E-state index contributed by atoms with van der Waals surface area (Å²) in [7, 11) is 0. The van der Waals surface area contributed by atoms with E-state index in [4.69, 9.17) is 5.73 Å². The molecule has 19 heavy (non-hydrogen) atoms. The molecule has 0 radical (unpaired) electrons. The van der Waals surface area contributed by atoms with Crippen molar-refractivity contribution in [2.75, 3.05) is 5.32 Å². The smallest absolute Gasteiger partial charge is 0.255 e. The second kappa shape index (κ2) is 5.25. The first kappa shape index (κ1) is 12.7. The number of halogens is 1. The number of primary amides is 1. The number of pyridine rings is 1. The van der Waals surface area contributed by atoms with E-state index in [0.29, 0.717) is 5.69 Å². The molecule has 0 aliphatic heterocycles. The number of amides is 2. The van der Waals surface area contributed by atoms with Crippen LogP contribution in [-0.4, -0.2) is 26.6 Å². The van der Waals surface area contributed by atoms with Gasteiger partial charge in [0.1, 0.15) is 6.54 Å². The number of carbonyl (C=O) groups excluding carboxylic acids is 2. The van der Waals surface area contributed by atoms with Gasteiger partial charge in [-0.2, -0.15) is 9.49 Å². The molecular weight excluding hydrogens is 253 g/mol. The van der Waals surface area contributed by atoms with Crippen LogP contribution in [0.5, 0.6) is 0 Å². The molecular formula is C11H10FN5O2. The van der Waals surface area contributed by atoms with Crippen molar-refractivity contribution in [3.8, 4) is 0 Å². The van der Waals surface area contributed by atoms with Crippen molar-refractivity contribution in [1.82, 2.24) is 14.8 Å². The van der Waals surface area contributed by atoms with Gasteiger partial charge < -0.3 is 11.1 Å². The molecule has 2 aromatic rings. The van der Waals surface area contributed by atoms with Crippen LogP contribution in [0.1, 0.15) is 10.4 Å². The second-order valence-corrected chi connectivity index (χ2v) is 3.71. The molecule has 0 fully saturated rings. The summed E-state index contributed by atoms with van der Waals surface area (Å²) in [6, 6.07) is 2.40. The third-order valence-corrected chi connectivity index (χ3v) is 2.20. The van der Waals surface area contributed by atoms with Gasteiger partial charge >= 0.3 is 0 Å². The molecule has 0 saturated carbocycles. The Labute approximate surface area is 107 Å². The first-order chi connectivity index (χ1) is 9.04. The predicted octanol–water partition coefficient (Wildman–Crippen LogP) is 0.155. The molecule has 2 amide bonds. The maximum absolute atomic E-state index is 12.9. The Morgan fingerprint density at radius 2 is 2.26 bits per heavy atom. The van der Waals surface area contributed by atoms with E-state index in [1.54, 1.807) is 0 Å². The van der Waals surface area contributed by atoms with Crippen LogP contribution in [0.4, 0.5) is 10.1 Å². The summed E-state index contributed by atoms with van der Waals surface area (Å²) in [4.78, 5) is 25.8. The number of hydrogen-bond donors (Lipinski definition) is 2. The molecule has 0 unspecified atom stereocenters. The Bertz CT molecular complexity index is 625. The molecule has 0 bridgehead atoms. The summed E-state index contributed by atoms with van der Waals surface area (Å²) >= 11 is 0. The van der Waals surface area contributed by atoms with Gasteiger partial charge in [-0.1, -0.05) is 0 Å². The third kappa shape index (κ3) is 3.35. The molecule has 98 valence electrons. The third-order valence-electron chi connectivity index (χ3n) is 2.20. The maximum atomic E-state index is 12.9. The molecule has 0 aliphatic carbocycles. The van der Waals surface area contributed by atoms with E-state index < -0.39 is 17.8 Å². The average Bonchev–Trinajstić information content (AvgIpc) is 2.75. The largest absolute Gasteiger partial charge is 0.368 e. The highest BCUT2D eigenvalue weighted by Crippen LogP contribution is 2.08. The Balaban J connectivity index is 2.06. The number of anilines is 1. The van der Waals surface area contributed by atoms with Gasteiger partial charge in [-0.3, -0.25) is 14.3 Å². The zero-order valence-electron chi connectivity index (χ0n) is 9.71. The SMILES string of the molecule is NC(=O)Cn1cc(NC(=O)c2ccnc(F)c2)cn1. The fourth-order valence-corrected chi connectivity index (χ4v) is 1.42. The molecule has 0 atom stereocenters. The number of nitrogens with one attached hydrogen (secondary N) is 1. The molecule has 7 nitrogen and oxygen atoms in total. The van der Waals surface area contributed by atoms with Gasteiger partial charge in [0.05, 0.1) is 11.9 Å². The predicted molar refractivity (Wildman–Crippen MR) is 63.6 cm³/mol. The number of hydrogen-bond acceptors (Lipinski definition) is 4. The van der Waals surface area contributed by atoms with Gasteiger partial charge in [0.15, 0.2) is 0 Å². The zero-order chi connectivity index (χ0) is 13.8. The van der Waals surface area contributed by atoms with Crippen molar-refractivity contribution < 1.29 is 14.0 Å². The minimum absolute atomic E-state index is 0.0836. The molecule has 0 saturated heterocycles.